The van der Waals surface area contributed by atoms with Gasteiger partial charge < -0.3 is 4.74 Å². The molecule has 0 bridgehead atoms. The lowest BCUT2D eigenvalue weighted by Gasteiger charge is -2.19. The lowest BCUT2D eigenvalue weighted by atomic mass is 9.87. The molecule has 0 saturated heterocycles. The average Bonchev–Trinajstić information content (AvgIpc) is 2.35. The summed E-state index contributed by atoms with van der Waals surface area (Å²) < 4.78 is 19.4. The molecule has 2 aromatic carbocycles. The normalized spacial score (nSPS) is 11.4. The van der Waals surface area contributed by atoms with E-state index in [4.69, 9.17) is 4.74 Å². The Morgan fingerprint density at radius 3 is 2.21 bits per heavy atom. The molecule has 0 N–H and O–H groups in total. The molecule has 0 aromatic heterocycles. The summed E-state index contributed by atoms with van der Waals surface area (Å²) in [6.45, 7) is 6.48. The van der Waals surface area contributed by atoms with Crippen LogP contribution in [0, 0.1) is 5.82 Å². The Labute approximate surface area is 121 Å². The second-order valence-corrected chi connectivity index (χ2v) is 6.22. The Kier molecular flexibility index (Phi) is 3.95. The van der Waals surface area contributed by atoms with Crippen LogP contribution < -0.4 is 4.74 Å². The van der Waals surface area contributed by atoms with Crippen molar-refractivity contribution in [1.29, 1.82) is 0 Å². The van der Waals surface area contributed by atoms with Crippen molar-refractivity contribution in [3.05, 3.63) is 58.3 Å². The highest BCUT2D eigenvalue weighted by molar-refractivity contribution is 9.10. The highest BCUT2D eigenvalue weighted by Gasteiger charge is 2.13. The summed E-state index contributed by atoms with van der Waals surface area (Å²) in [7, 11) is 0. The smallest absolute Gasteiger partial charge is 0.144 e. The molecule has 0 saturated carbocycles. The summed E-state index contributed by atoms with van der Waals surface area (Å²) in [5.41, 5.74) is 1.34. The van der Waals surface area contributed by atoms with Crippen LogP contribution in [0.3, 0.4) is 0 Å². The molecule has 0 aliphatic rings. The molecule has 0 radical (unpaired) electrons. The lowest BCUT2D eigenvalue weighted by Crippen LogP contribution is -2.10. The van der Waals surface area contributed by atoms with Crippen molar-refractivity contribution in [2.75, 3.05) is 0 Å². The van der Waals surface area contributed by atoms with Crippen LogP contribution >= 0.6 is 15.9 Å². The van der Waals surface area contributed by atoms with Gasteiger partial charge in [-0.25, -0.2) is 4.39 Å². The average molecular weight is 323 g/mol. The number of hydrogen-bond acceptors (Lipinski definition) is 1. The summed E-state index contributed by atoms with van der Waals surface area (Å²) in [4.78, 5) is 0. The Morgan fingerprint density at radius 2 is 1.63 bits per heavy atom. The van der Waals surface area contributed by atoms with Crippen molar-refractivity contribution in [2.45, 2.75) is 26.2 Å². The number of hydrogen-bond donors (Lipinski definition) is 0. The van der Waals surface area contributed by atoms with Crippen molar-refractivity contribution < 1.29 is 9.13 Å². The predicted molar refractivity (Wildman–Crippen MR) is 79.3 cm³/mol. The number of rotatable bonds is 2. The van der Waals surface area contributed by atoms with E-state index in [1.165, 1.54) is 11.6 Å². The molecule has 0 fully saturated rings. The number of ether oxygens (including phenoxy) is 1. The second-order valence-electron chi connectivity index (χ2n) is 5.43. The molecule has 0 unspecified atom stereocenters. The lowest BCUT2D eigenvalue weighted by molar-refractivity contribution is 0.471. The van der Waals surface area contributed by atoms with Gasteiger partial charge in [-0.2, -0.15) is 0 Å². The SMILES string of the molecule is CC(C)(C)c1ccc(Oc2cccc(F)c2Br)cc1. The minimum absolute atomic E-state index is 0.109. The Balaban J connectivity index is 2.23. The van der Waals surface area contributed by atoms with Crippen molar-refractivity contribution in [1.82, 2.24) is 0 Å². The maximum absolute atomic E-state index is 13.4. The summed E-state index contributed by atoms with van der Waals surface area (Å²) in [6.07, 6.45) is 0. The first-order chi connectivity index (χ1) is 8.88. The van der Waals surface area contributed by atoms with Crippen LogP contribution in [0.15, 0.2) is 46.9 Å². The minimum atomic E-state index is -0.330. The molecule has 2 aromatic rings. The van der Waals surface area contributed by atoms with E-state index < -0.39 is 0 Å². The quantitative estimate of drug-likeness (QED) is 0.691. The minimum Gasteiger partial charge on any atom is -0.456 e. The molecule has 0 amide bonds. The fourth-order valence-electron chi connectivity index (χ4n) is 1.71. The van der Waals surface area contributed by atoms with Crippen molar-refractivity contribution in [3.63, 3.8) is 0 Å². The van der Waals surface area contributed by atoms with Crippen LogP contribution in [0.4, 0.5) is 4.39 Å². The summed E-state index contributed by atoms with van der Waals surface area (Å²) >= 11 is 3.18. The first-order valence-corrected chi connectivity index (χ1v) is 6.89. The van der Waals surface area contributed by atoms with Gasteiger partial charge in [-0.3, -0.25) is 0 Å². The van der Waals surface area contributed by atoms with Gasteiger partial charge in [0.1, 0.15) is 17.3 Å². The van der Waals surface area contributed by atoms with Crippen molar-refractivity contribution in [2.24, 2.45) is 0 Å². The maximum atomic E-state index is 13.4. The van der Waals surface area contributed by atoms with Crippen LogP contribution in [-0.4, -0.2) is 0 Å². The van der Waals surface area contributed by atoms with E-state index in [0.29, 0.717) is 16.0 Å². The highest BCUT2D eigenvalue weighted by atomic mass is 79.9. The van der Waals surface area contributed by atoms with Crippen LogP contribution in [0.5, 0.6) is 11.5 Å². The van der Waals surface area contributed by atoms with E-state index in [1.54, 1.807) is 12.1 Å². The van der Waals surface area contributed by atoms with Crippen LogP contribution in [-0.2, 0) is 5.41 Å². The standard InChI is InChI=1S/C16H16BrFO/c1-16(2,3)11-7-9-12(10-8-11)19-14-6-4-5-13(18)15(14)17/h4-10H,1-3H3. The molecule has 100 valence electrons. The zero-order chi connectivity index (χ0) is 14.0. The molecular weight excluding hydrogens is 307 g/mol. The molecule has 0 aliphatic heterocycles. The van der Waals surface area contributed by atoms with E-state index in [0.717, 1.165) is 0 Å². The van der Waals surface area contributed by atoms with Gasteiger partial charge in [0.25, 0.3) is 0 Å². The number of halogens is 2. The first kappa shape index (κ1) is 14.1. The highest BCUT2D eigenvalue weighted by Crippen LogP contribution is 2.32. The van der Waals surface area contributed by atoms with Crippen molar-refractivity contribution in [3.8, 4) is 11.5 Å². The third-order valence-corrected chi connectivity index (χ3v) is 3.63. The van der Waals surface area contributed by atoms with Gasteiger partial charge in [0.05, 0.1) is 4.47 Å². The van der Waals surface area contributed by atoms with E-state index in [9.17, 15) is 4.39 Å². The van der Waals surface area contributed by atoms with Gasteiger partial charge in [-0.1, -0.05) is 39.0 Å². The molecule has 0 heterocycles. The topological polar surface area (TPSA) is 9.23 Å². The molecule has 0 atom stereocenters. The zero-order valence-corrected chi connectivity index (χ0v) is 12.8. The van der Waals surface area contributed by atoms with Gasteiger partial charge >= 0.3 is 0 Å². The van der Waals surface area contributed by atoms with Gasteiger partial charge in [0, 0.05) is 0 Å². The molecule has 1 nitrogen and oxygen atoms in total. The maximum Gasteiger partial charge on any atom is 0.144 e. The van der Waals surface area contributed by atoms with Gasteiger partial charge in [-0.05, 0) is 51.2 Å². The summed E-state index contributed by atoms with van der Waals surface area (Å²) in [6, 6.07) is 12.6. The third-order valence-electron chi connectivity index (χ3n) is 2.86. The van der Waals surface area contributed by atoms with Crippen LogP contribution in [0.2, 0.25) is 0 Å². The summed E-state index contributed by atoms with van der Waals surface area (Å²) in [5, 5.41) is 0. The van der Waals surface area contributed by atoms with Gasteiger partial charge in [-0.15, -0.1) is 0 Å². The second kappa shape index (κ2) is 5.33. The van der Waals surface area contributed by atoms with Gasteiger partial charge in [0.2, 0.25) is 0 Å². The Hall–Kier alpha value is -1.35. The van der Waals surface area contributed by atoms with Crippen LogP contribution in [0.25, 0.3) is 0 Å². The summed E-state index contributed by atoms with van der Waals surface area (Å²) in [5.74, 6) is 0.839. The van der Waals surface area contributed by atoms with E-state index >= 15 is 0 Å². The fourth-order valence-corrected chi connectivity index (χ4v) is 2.06. The molecular formula is C16H16BrFO. The van der Waals surface area contributed by atoms with Crippen LogP contribution in [0.1, 0.15) is 26.3 Å². The van der Waals surface area contributed by atoms with Gasteiger partial charge in [0.15, 0.2) is 0 Å². The van der Waals surface area contributed by atoms with E-state index in [2.05, 4.69) is 36.7 Å². The molecule has 0 aliphatic carbocycles. The Bertz CT molecular complexity index is 570. The van der Waals surface area contributed by atoms with E-state index in [-0.39, 0.29) is 11.2 Å². The molecule has 19 heavy (non-hydrogen) atoms. The molecule has 0 spiro atoms. The third kappa shape index (κ3) is 3.35. The van der Waals surface area contributed by atoms with E-state index in [1.807, 2.05) is 24.3 Å². The molecule has 2 rings (SSSR count). The Morgan fingerprint density at radius 1 is 1.00 bits per heavy atom. The monoisotopic (exact) mass is 322 g/mol. The number of benzene rings is 2. The fraction of sp³-hybridized carbons (Fsp3) is 0.250. The molecule has 3 heteroatoms. The van der Waals surface area contributed by atoms with Crippen molar-refractivity contribution >= 4 is 15.9 Å². The predicted octanol–water partition coefficient (Wildman–Crippen LogP) is 5.68. The largest absolute Gasteiger partial charge is 0.456 e. The zero-order valence-electron chi connectivity index (χ0n) is 11.2. The first-order valence-electron chi connectivity index (χ1n) is 6.10.